The van der Waals surface area contributed by atoms with Crippen LogP contribution < -0.4 is 5.32 Å². The van der Waals surface area contributed by atoms with Gasteiger partial charge in [-0.2, -0.15) is 31.4 Å². The maximum absolute atomic E-state index is 13.6. The third-order valence-electron chi connectivity index (χ3n) is 5.72. The van der Waals surface area contributed by atoms with Crippen LogP contribution in [0, 0.1) is 5.92 Å². The molecule has 0 atom stereocenters. The molecule has 38 heavy (non-hydrogen) atoms. The van der Waals surface area contributed by atoms with Gasteiger partial charge in [-0.3, -0.25) is 4.79 Å². The van der Waals surface area contributed by atoms with Crippen LogP contribution in [0.4, 0.5) is 32.2 Å². The fraction of sp³-hybridized carbons (Fsp3) is 0.250. The van der Waals surface area contributed by atoms with E-state index < -0.39 is 46.7 Å². The summed E-state index contributed by atoms with van der Waals surface area (Å²) in [6, 6.07) is 6.26. The molecule has 1 fully saturated rings. The van der Waals surface area contributed by atoms with Crippen molar-refractivity contribution in [1.29, 1.82) is 0 Å². The number of fused-ring (bicyclic) bond motifs is 1. The van der Waals surface area contributed by atoms with Gasteiger partial charge in [0.25, 0.3) is 5.91 Å². The number of halogens is 6. The zero-order valence-electron chi connectivity index (χ0n) is 19.1. The second kappa shape index (κ2) is 9.19. The Morgan fingerprint density at radius 2 is 1.84 bits per heavy atom. The van der Waals surface area contributed by atoms with Crippen LogP contribution in [0.25, 0.3) is 16.8 Å². The first kappa shape index (κ1) is 25.3. The van der Waals surface area contributed by atoms with Gasteiger partial charge < -0.3 is 14.5 Å². The van der Waals surface area contributed by atoms with Gasteiger partial charge in [-0.1, -0.05) is 6.07 Å². The summed E-state index contributed by atoms with van der Waals surface area (Å²) in [4.78, 5) is 29.8. The third-order valence-corrected chi connectivity index (χ3v) is 5.72. The highest BCUT2D eigenvalue weighted by Gasteiger charge is 2.45. The molecule has 0 bridgehead atoms. The molecule has 14 heteroatoms. The molecule has 3 aromatic heterocycles. The van der Waals surface area contributed by atoms with Crippen molar-refractivity contribution in [2.45, 2.75) is 25.2 Å². The smallest absolute Gasteiger partial charge is 0.420 e. The van der Waals surface area contributed by atoms with Gasteiger partial charge in [-0.05, 0) is 49.1 Å². The van der Waals surface area contributed by atoms with E-state index in [0.29, 0.717) is 0 Å². The topological polar surface area (TPSA) is 99.2 Å². The average molecular weight is 538 g/mol. The number of amides is 1. The minimum atomic E-state index is -5.42. The Hall–Kier alpha value is -4.36. The molecule has 0 aliphatic heterocycles. The molecule has 3 heterocycles. The molecule has 1 amide bonds. The summed E-state index contributed by atoms with van der Waals surface area (Å²) >= 11 is 0. The van der Waals surface area contributed by atoms with E-state index in [4.69, 9.17) is 9.15 Å². The van der Waals surface area contributed by atoms with E-state index in [1.165, 1.54) is 29.2 Å². The number of ether oxygens (including phenoxy) is 1. The zero-order valence-corrected chi connectivity index (χ0v) is 19.1. The van der Waals surface area contributed by atoms with Gasteiger partial charge in [0.15, 0.2) is 11.6 Å². The standard InChI is InChI=1S/C24H16F6N4O4/c25-23(26,27)15-6-4-13-10-16(38-19(13)18(15)24(28,29)30)21(35)33-20-14(22(36)37-11-12-2-3-12)5-7-17(32-20)34-9-1-8-31-34/h1,4-10,12H,2-3,11H2,(H,32,33,35). The summed E-state index contributed by atoms with van der Waals surface area (Å²) in [5, 5.41) is 5.92. The number of nitrogens with zero attached hydrogens (tertiary/aromatic N) is 3. The molecule has 5 rings (SSSR count). The summed E-state index contributed by atoms with van der Waals surface area (Å²) in [7, 11) is 0. The monoisotopic (exact) mass is 538 g/mol. The number of carbonyl (C=O) groups is 2. The van der Waals surface area contributed by atoms with Gasteiger partial charge in [-0.15, -0.1) is 0 Å². The quantitative estimate of drug-likeness (QED) is 0.244. The Morgan fingerprint density at radius 3 is 2.47 bits per heavy atom. The Labute approximate surface area is 209 Å². The summed E-state index contributed by atoms with van der Waals surface area (Å²) in [5.41, 5.74) is -5.31. The van der Waals surface area contributed by atoms with E-state index in [1.807, 2.05) is 0 Å². The van der Waals surface area contributed by atoms with E-state index in [9.17, 15) is 35.9 Å². The normalized spacial score (nSPS) is 14.1. The van der Waals surface area contributed by atoms with Crippen LogP contribution in [-0.2, 0) is 17.1 Å². The molecular formula is C24H16F6N4O4. The van der Waals surface area contributed by atoms with E-state index >= 15 is 0 Å². The second-order valence-electron chi connectivity index (χ2n) is 8.52. The van der Waals surface area contributed by atoms with Crippen molar-refractivity contribution in [3.05, 3.63) is 71.2 Å². The first-order valence-electron chi connectivity index (χ1n) is 11.1. The summed E-state index contributed by atoms with van der Waals surface area (Å²) < 4.78 is 92.1. The molecule has 0 spiro atoms. The average Bonchev–Trinajstić information content (AvgIpc) is 3.32. The third kappa shape index (κ3) is 5.06. The van der Waals surface area contributed by atoms with Gasteiger partial charge in [0.05, 0.1) is 12.2 Å². The molecule has 4 aromatic rings. The largest absolute Gasteiger partial charge is 0.462 e. The van der Waals surface area contributed by atoms with Crippen molar-refractivity contribution in [2.24, 2.45) is 5.92 Å². The van der Waals surface area contributed by atoms with Gasteiger partial charge >= 0.3 is 18.3 Å². The first-order valence-corrected chi connectivity index (χ1v) is 11.1. The number of esters is 1. The Morgan fingerprint density at radius 1 is 1.08 bits per heavy atom. The number of rotatable bonds is 6. The number of furan rings is 1. The molecule has 1 saturated carbocycles. The lowest BCUT2D eigenvalue weighted by Crippen LogP contribution is -2.18. The molecule has 1 aliphatic rings. The molecule has 0 saturated heterocycles. The second-order valence-corrected chi connectivity index (χ2v) is 8.52. The Bertz CT molecular complexity index is 1520. The zero-order chi connectivity index (χ0) is 27.2. The molecular weight excluding hydrogens is 522 g/mol. The van der Waals surface area contributed by atoms with Crippen LogP contribution in [0.15, 0.2) is 53.2 Å². The van der Waals surface area contributed by atoms with Crippen molar-refractivity contribution < 1.29 is 45.1 Å². The highest BCUT2D eigenvalue weighted by molar-refractivity contribution is 6.07. The highest BCUT2D eigenvalue weighted by atomic mass is 19.4. The first-order chi connectivity index (χ1) is 17.9. The van der Waals surface area contributed by atoms with Crippen molar-refractivity contribution in [2.75, 3.05) is 11.9 Å². The SMILES string of the molecule is O=C(Nc1nc(-n2cccn2)ccc1C(=O)OCC1CC1)c1cc2ccc(C(F)(F)F)c(C(F)(F)F)c2o1. The van der Waals surface area contributed by atoms with Crippen LogP contribution in [0.3, 0.4) is 0 Å². The van der Waals surface area contributed by atoms with E-state index in [2.05, 4.69) is 15.4 Å². The summed E-state index contributed by atoms with van der Waals surface area (Å²) in [6.45, 7) is 0.165. The Kier molecular flexibility index (Phi) is 6.12. The fourth-order valence-corrected chi connectivity index (χ4v) is 3.70. The van der Waals surface area contributed by atoms with Gasteiger partial charge in [0, 0.05) is 17.8 Å². The number of alkyl halides is 6. The Balaban J connectivity index is 1.52. The van der Waals surface area contributed by atoms with Crippen LogP contribution in [0.5, 0.6) is 0 Å². The van der Waals surface area contributed by atoms with Gasteiger partial charge in [-0.25, -0.2) is 14.5 Å². The highest BCUT2D eigenvalue weighted by Crippen LogP contribution is 2.44. The van der Waals surface area contributed by atoms with Crippen molar-refractivity contribution in [3.63, 3.8) is 0 Å². The number of carbonyl (C=O) groups excluding carboxylic acids is 2. The number of pyridine rings is 1. The summed E-state index contributed by atoms with van der Waals surface area (Å²) in [5.74, 6) is -2.56. The number of aromatic nitrogens is 3. The van der Waals surface area contributed by atoms with Crippen LogP contribution in [0.2, 0.25) is 0 Å². The molecule has 0 radical (unpaired) electrons. The minimum Gasteiger partial charge on any atom is -0.462 e. The molecule has 8 nitrogen and oxygen atoms in total. The fourth-order valence-electron chi connectivity index (χ4n) is 3.70. The maximum Gasteiger partial charge on any atom is 0.420 e. The van der Waals surface area contributed by atoms with Gasteiger partial charge in [0.2, 0.25) is 0 Å². The number of nitrogens with one attached hydrogen (secondary N) is 1. The van der Waals surface area contributed by atoms with Gasteiger partial charge in [0.1, 0.15) is 22.5 Å². The van der Waals surface area contributed by atoms with Crippen molar-refractivity contribution in [3.8, 4) is 5.82 Å². The van der Waals surface area contributed by atoms with Crippen LogP contribution >= 0.6 is 0 Å². The molecule has 1 aliphatic carbocycles. The number of anilines is 1. The van der Waals surface area contributed by atoms with Crippen molar-refractivity contribution >= 4 is 28.7 Å². The molecule has 1 aromatic carbocycles. The minimum absolute atomic E-state index is 0.152. The van der Waals surface area contributed by atoms with E-state index in [0.717, 1.165) is 25.0 Å². The number of benzene rings is 1. The van der Waals surface area contributed by atoms with Crippen LogP contribution in [-0.4, -0.2) is 33.2 Å². The predicted molar refractivity (Wildman–Crippen MR) is 119 cm³/mol. The number of hydrogen-bond donors (Lipinski definition) is 1. The van der Waals surface area contributed by atoms with E-state index in [-0.39, 0.29) is 41.2 Å². The molecule has 198 valence electrons. The van der Waals surface area contributed by atoms with Crippen molar-refractivity contribution in [1.82, 2.24) is 14.8 Å². The predicted octanol–water partition coefficient (Wildman–Crippen LogP) is 5.87. The lowest BCUT2D eigenvalue weighted by Gasteiger charge is -2.15. The molecule has 1 N–H and O–H groups in total. The number of hydrogen-bond acceptors (Lipinski definition) is 6. The maximum atomic E-state index is 13.6. The van der Waals surface area contributed by atoms with Crippen LogP contribution in [0.1, 0.15) is 44.9 Å². The van der Waals surface area contributed by atoms with E-state index in [1.54, 1.807) is 6.07 Å². The molecule has 0 unspecified atom stereocenters. The lowest BCUT2D eigenvalue weighted by molar-refractivity contribution is -0.161. The summed E-state index contributed by atoms with van der Waals surface area (Å²) in [6.07, 6.45) is -5.92. The lowest BCUT2D eigenvalue weighted by atomic mass is 10.0.